The van der Waals surface area contributed by atoms with Gasteiger partial charge >= 0.3 is 12.4 Å². The second kappa shape index (κ2) is 10.4. The Morgan fingerprint density at radius 3 is 1.42 bits per heavy atom. The van der Waals surface area contributed by atoms with Gasteiger partial charge in [0, 0.05) is 21.5 Å². The predicted molar refractivity (Wildman–Crippen MR) is 157 cm³/mol. The fourth-order valence-electron chi connectivity index (χ4n) is 6.15. The van der Waals surface area contributed by atoms with E-state index in [1.807, 2.05) is 0 Å². The van der Waals surface area contributed by atoms with Crippen LogP contribution in [0.4, 0.5) is 43.9 Å². The molecule has 0 heterocycles. The van der Waals surface area contributed by atoms with Crippen molar-refractivity contribution in [1.82, 2.24) is 0 Å². The molecule has 3 nitrogen and oxygen atoms in total. The number of hydrogen-bond donors (Lipinski definition) is 1. The van der Waals surface area contributed by atoms with E-state index in [9.17, 15) is 49.2 Å². The molecule has 0 fully saturated rings. The lowest BCUT2D eigenvalue weighted by atomic mass is 9.99. The molecular weight excluding hydrogens is 652 g/mol. The molecule has 0 saturated heterocycles. The van der Waals surface area contributed by atoms with Crippen LogP contribution in [0, 0.1) is 40.1 Å². The highest BCUT2D eigenvalue weighted by Crippen LogP contribution is 2.39. The molecule has 0 atom stereocenters. The summed E-state index contributed by atoms with van der Waals surface area (Å²) in [5.41, 5.74) is -3.90. The Bertz CT molecular complexity index is 2670. The third-order valence-electron chi connectivity index (χ3n) is 8.32. The number of hydrogen-bond acceptors (Lipinski definition) is 3. The standard InChI is InChI=1S/C35H13F10N3/c36-28-9-16(7-26(30(28)38)34(40,41)42)14-1-3-18-20-11-21-19-4-2-15(17-8-27(35(43,44)45)31(39)29(37)10-17)6-24(19)33(48-13-46)25(21)12-23(20)32(47)22(18)5-14/h1-12,47H. The predicted octanol–water partition coefficient (Wildman–Crippen LogP) is 9.96. The van der Waals surface area contributed by atoms with Crippen LogP contribution in [0.3, 0.4) is 0 Å². The van der Waals surface area contributed by atoms with Gasteiger partial charge in [0.1, 0.15) is 0 Å². The number of fused-ring (bicyclic) bond motifs is 6. The second-order valence-electron chi connectivity index (χ2n) is 11.0. The van der Waals surface area contributed by atoms with Gasteiger partial charge < -0.3 is 0 Å². The summed E-state index contributed by atoms with van der Waals surface area (Å²) in [5, 5.41) is 21.8. The Labute approximate surface area is 261 Å². The van der Waals surface area contributed by atoms with Crippen molar-refractivity contribution in [3.05, 3.63) is 118 Å². The van der Waals surface area contributed by atoms with Gasteiger partial charge in [-0.25, -0.2) is 17.6 Å². The molecule has 0 spiro atoms. The number of nitrogens with zero attached hydrogens (tertiary/aromatic N) is 2. The summed E-state index contributed by atoms with van der Waals surface area (Å²) in [6, 6.07) is 14.1. The van der Waals surface area contributed by atoms with E-state index in [-0.39, 0.29) is 38.4 Å². The first kappa shape index (κ1) is 30.9. The van der Waals surface area contributed by atoms with E-state index in [2.05, 4.69) is 4.99 Å². The normalized spacial score (nSPS) is 13.0. The number of nitrogens with one attached hydrogen (secondary N) is 1. The molecule has 0 unspecified atom stereocenters. The van der Waals surface area contributed by atoms with E-state index in [0.29, 0.717) is 62.0 Å². The second-order valence-corrected chi connectivity index (χ2v) is 11.0. The molecule has 7 rings (SSSR count). The van der Waals surface area contributed by atoms with Crippen molar-refractivity contribution in [1.29, 1.82) is 10.7 Å². The molecule has 0 amide bonds. The maximum absolute atomic E-state index is 14.2. The van der Waals surface area contributed by atoms with Crippen LogP contribution in [0.2, 0.25) is 0 Å². The van der Waals surface area contributed by atoms with E-state index in [4.69, 9.17) is 5.41 Å². The molecule has 1 N–H and O–H groups in total. The van der Waals surface area contributed by atoms with E-state index in [0.717, 1.165) is 0 Å². The van der Waals surface area contributed by atoms with E-state index in [1.54, 1.807) is 18.3 Å². The van der Waals surface area contributed by atoms with Crippen LogP contribution in [0.25, 0.3) is 65.3 Å². The van der Waals surface area contributed by atoms with E-state index in [1.165, 1.54) is 36.4 Å². The van der Waals surface area contributed by atoms with Crippen LogP contribution >= 0.6 is 0 Å². The molecule has 0 bridgehead atoms. The summed E-state index contributed by atoms with van der Waals surface area (Å²) < 4.78 is 136. The molecule has 0 aliphatic carbocycles. The van der Waals surface area contributed by atoms with Crippen molar-refractivity contribution in [2.45, 2.75) is 12.4 Å². The van der Waals surface area contributed by atoms with Gasteiger partial charge in [0.05, 0.1) is 21.8 Å². The number of halogens is 10. The SMILES string of the molecule is N#CN=c1c2cc(-c3cc(F)c(F)c(C(F)(F)F)c3)ccc2c2cc3c(cc12)c(=N)c1cc(-c2cc(F)c(F)c(C(F)(F)F)c2)ccc13. The van der Waals surface area contributed by atoms with Crippen molar-refractivity contribution in [2.75, 3.05) is 0 Å². The van der Waals surface area contributed by atoms with Crippen molar-refractivity contribution < 1.29 is 43.9 Å². The average molecular weight is 665 g/mol. The summed E-state index contributed by atoms with van der Waals surface area (Å²) in [6.07, 6.45) is -8.63. The zero-order chi connectivity index (χ0) is 34.4. The minimum Gasteiger partial charge on any atom is -0.300 e. The monoisotopic (exact) mass is 665 g/mol. The largest absolute Gasteiger partial charge is 0.419 e. The molecule has 48 heavy (non-hydrogen) atoms. The summed E-state index contributed by atoms with van der Waals surface area (Å²) in [6.45, 7) is 0. The molecule has 7 aromatic rings. The van der Waals surface area contributed by atoms with E-state index < -0.39 is 46.7 Å². The zero-order valence-electron chi connectivity index (χ0n) is 23.6. The van der Waals surface area contributed by atoms with Gasteiger partial charge in [-0.1, -0.05) is 24.3 Å². The molecule has 13 heteroatoms. The van der Waals surface area contributed by atoms with Crippen LogP contribution in [-0.4, -0.2) is 0 Å². The van der Waals surface area contributed by atoms with Crippen molar-refractivity contribution in [2.24, 2.45) is 4.99 Å². The average Bonchev–Trinajstić information content (AvgIpc) is 3.47. The highest BCUT2D eigenvalue weighted by molar-refractivity contribution is 6.21. The highest BCUT2D eigenvalue weighted by Gasteiger charge is 2.37. The minimum atomic E-state index is -5.16. The quantitative estimate of drug-likeness (QED) is 0.145. The van der Waals surface area contributed by atoms with Crippen LogP contribution < -0.4 is 10.7 Å². The summed E-state index contributed by atoms with van der Waals surface area (Å²) in [5.74, 6) is -7.45. The molecule has 0 aromatic heterocycles. The van der Waals surface area contributed by atoms with Gasteiger partial charge in [-0.15, -0.1) is 0 Å². The van der Waals surface area contributed by atoms with Crippen molar-refractivity contribution >= 4 is 43.1 Å². The smallest absolute Gasteiger partial charge is 0.300 e. The Kier molecular flexibility index (Phi) is 6.67. The van der Waals surface area contributed by atoms with Crippen LogP contribution in [0.15, 0.2) is 77.8 Å². The van der Waals surface area contributed by atoms with Gasteiger partial charge in [-0.2, -0.15) is 36.6 Å². The lowest BCUT2D eigenvalue weighted by Gasteiger charge is -2.11. The molecule has 0 aliphatic heterocycles. The maximum atomic E-state index is 14.2. The van der Waals surface area contributed by atoms with Crippen LogP contribution in [0.5, 0.6) is 0 Å². The topological polar surface area (TPSA) is 60.0 Å². The maximum Gasteiger partial charge on any atom is 0.419 e. The summed E-state index contributed by atoms with van der Waals surface area (Å²) >= 11 is 0. The van der Waals surface area contributed by atoms with Gasteiger partial charge in [-0.05, 0) is 92.3 Å². The number of nitriles is 1. The van der Waals surface area contributed by atoms with Gasteiger partial charge in [0.2, 0.25) is 6.19 Å². The number of rotatable bonds is 2. The molecule has 238 valence electrons. The molecule has 7 aromatic carbocycles. The van der Waals surface area contributed by atoms with E-state index >= 15 is 0 Å². The van der Waals surface area contributed by atoms with Crippen molar-refractivity contribution in [3.63, 3.8) is 0 Å². The molecule has 0 aliphatic rings. The molecule has 0 radical (unpaired) electrons. The summed E-state index contributed by atoms with van der Waals surface area (Å²) in [4.78, 5) is 3.91. The number of alkyl halides is 6. The molecule has 0 saturated carbocycles. The fourth-order valence-corrected chi connectivity index (χ4v) is 6.15. The molecular formula is C35H13F10N3. The Hall–Kier alpha value is -5.77. The third-order valence-corrected chi connectivity index (χ3v) is 8.32. The lowest BCUT2D eigenvalue weighted by molar-refractivity contribution is -0.141. The third kappa shape index (κ3) is 4.66. The lowest BCUT2D eigenvalue weighted by Crippen LogP contribution is -2.10. The zero-order valence-corrected chi connectivity index (χ0v) is 23.6. The fraction of sp³-hybridized carbons (Fsp3) is 0.0571. The van der Waals surface area contributed by atoms with Gasteiger partial charge in [-0.3, -0.25) is 5.41 Å². The summed E-state index contributed by atoms with van der Waals surface area (Å²) in [7, 11) is 0. The first-order chi connectivity index (χ1) is 22.6. The first-order valence-electron chi connectivity index (χ1n) is 13.8. The van der Waals surface area contributed by atoms with Crippen LogP contribution in [0.1, 0.15) is 11.1 Å². The Morgan fingerprint density at radius 2 is 0.917 bits per heavy atom. The van der Waals surface area contributed by atoms with Gasteiger partial charge in [0.15, 0.2) is 23.3 Å². The Morgan fingerprint density at radius 1 is 0.500 bits per heavy atom. The van der Waals surface area contributed by atoms with Gasteiger partial charge in [0.25, 0.3) is 0 Å². The Balaban J connectivity index is 1.44. The van der Waals surface area contributed by atoms with Crippen molar-refractivity contribution in [3.8, 4) is 28.4 Å². The number of benzene rings is 5. The minimum absolute atomic E-state index is 0.0577. The highest BCUT2D eigenvalue weighted by atomic mass is 19.4. The van der Waals surface area contributed by atoms with Crippen LogP contribution in [-0.2, 0) is 12.4 Å². The first-order valence-corrected chi connectivity index (χ1v) is 13.8.